The van der Waals surface area contributed by atoms with Crippen LogP contribution in [0.4, 0.5) is 10.1 Å². The lowest BCUT2D eigenvalue weighted by Crippen LogP contribution is -2.31. The van der Waals surface area contributed by atoms with Gasteiger partial charge in [-0.05, 0) is 37.3 Å². The van der Waals surface area contributed by atoms with Crippen molar-refractivity contribution in [1.29, 1.82) is 0 Å². The fraction of sp³-hybridized carbons (Fsp3) is 0.176. The summed E-state index contributed by atoms with van der Waals surface area (Å²) >= 11 is 5.82. The fourth-order valence-corrected chi connectivity index (χ4v) is 1.98. The van der Waals surface area contributed by atoms with Crippen LogP contribution in [0.15, 0.2) is 48.5 Å². The Morgan fingerprint density at radius 3 is 2.67 bits per heavy atom. The van der Waals surface area contributed by atoms with Gasteiger partial charge in [-0.25, -0.2) is 9.18 Å². The zero-order valence-corrected chi connectivity index (χ0v) is 13.5. The van der Waals surface area contributed by atoms with E-state index in [0.717, 1.165) is 6.07 Å². The Morgan fingerprint density at radius 1 is 1.21 bits per heavy atom. The van der Waals surface area contributed by atoms with Crippen molar-refractivity contribution in [2.24, 2.45) is 0 Å². The number of esters is 1. The highest BCUT2D eigenvalue weighted by atomic mass is 35.5. The number of amides is 1. The van der Waals surface area contributed by atoms with Crippen LogP contribution >= 0.6 is 11.6 Å². The molecule has 0 radical (unpaired) electrons. The van der Waals surface area contributed by atoms with Crippen LogP contribution in [-0.2, 0) is 14.3 Å². The lowest BCUT2D eigenvalue weighted by atomic mass is 10.3. The molecule has 0 saturated heterocycles. The molecule has 1 atom stereocenters. The van der Waals surface area contributed by atoms with E-state index in [1.54, 1.807) is 24.3 Å². The number of hydrogen-bond acceptors (Lipinski definition) is 4. The third-order valence-electron chi connectivity index (χ3n) is 2.92. The smallest absolute Gasteiger partial charge is 0.344 e. The average molecular weight is 352 g/mol. The molecule has 0 aliphatic carbocycles. The predicted molar refractivity (Wildman–Crippen MR) is 87.5 cm³/mol. The lowest BCUT2D eigenvalue weighted by molar-refractivity contribution is -0.155. The maximum Gasteiger partial charge on any atom is 0.344 e. The summed E-state index contributed by atoms with van der Waals surface area (Å²) < 4.78 is 23.0. The van der Waals surface area contributed by atoms with Gasteiger partial charge in [-0.3, -0.25) is 4.79 Å². The second-order valence-corrected chi connectivity index (χ2v) is 5.31. The number of carbonyl (C=O) groups is 2. The van der Waals surface area contributed by atoms with Crippen LogP contribution in [-0.4, -0.2) is 24.6 Å². The second-order valence-electron chi connectivity index (χ2n) is 4.88. The third-order valence-corrected chi connectivity index (χ3v) is 3.16. The van der Waals surface area contributed by atoms with Gasteiger partial charge in [-0.1, -0.05) is 23.7 Å². The van der Waals surface area contributed by atoms with E-state index in [9.17, 15) is 14.0 Å². The quantitative estimate of drug-likeness (QED) is 0.810. The zero-order valence-electron chi connectivity index (χ0n) is 12.8. The van der Waals surface area contributed by atoms with Crippen LogP contribution in [0.3, 0.4) is 0 Å². The molecule has 0 aliphatic rings. The van der Waals surface area contributed by atoms with Crippen molar-refractivity contribution in [1.82, 2.24) is 0 Å². The first-order valence-electron chi connectivity index (χ1n) is 7.08. The van der Waals surface area contributed by atoms with Crippen LogP contribution in [0, 0.1) is 5.82 Å². The Balaban J connectivity index is 1.81. The highest BCUT2D eigenvalue weighted by molar-refractivity contribution is 6.30. The fourth-order valence-electron chi connectivity index (χ4n) is 1.79. The van der Waals surface area contributed by atoms with Gasteiger partial charge in [0.25, 0.3) is 5.91 Å². The van der Waals surface area contributed by atoms with Gasteiger partial charge in [-0.15, -0.1) is 0 Å². The molecule has 2 aromatic carbocycles. The Bertz CT molecular complexity index is 738. The maximum absolute atomic E-state index is 13.0. The van der Waals surface area contributed by atoms with Gasteiger partial charge in [0.2, 0.25) is 0 Å². The number of ether oxygens (including phenoxy) is 2. The number of hydrogen-bond donors (Lipinski definition) is 1. The topological polar surface area (TPSA) is 64.6 Å². The number of benzene rings is 2. The summed E-state index contributed by atoms with van der Waals surface area (Å²) in [5.41, 5.74) is 0.492. The molecule has 7 heteroatoms. The van der Waals surface area contributed by atoms with E-state index in [1.165, 1.54) is 25.1 Å². The van der Waals surface area contributed by atoms with Crippen molar-refractivity contribution < 1.29 is 23.5 Å². The van der Waals surface area contributed by atoms with Crippen LogP contribution in [0.1, 0.15) is 6.92 Å². The summed E-state index contributed by atoms with van der Waals surface area (Å²) in [6.07, 6.45) is -1.02. The highest BCUT2D eigenvalue weighted by Gasteiger charge is 2.18. The predicted octanol–water partition coefficient (Wildman–Crippen LogP) is 3.43. The van der Waals surface area contributed by atoms with Crippen LogP contribution in [0.25, 0.3) is 0 Å². The highest BCUT2D eigenvalue weighted by Crippen LogP contribution is 2.15. The molecule has 0 bridgehead atoms. The molecule has 1 unspecified atom stereocenters. The maximum atomic E-state index is 13.0. The normalized spacial score (nSPS) is 11.5. The van der Waals surface area contributed by atoms with Crippen molar-refractivity contribution in [3.05, 3.63) is 59.4 Å². The minimum absolute atomic E-state index is 0.197. The molecule has 0 aliphatic heterocycles. The van der Waals surface area contributed by atoms with Gasteiger partial charge in [0.15, 0.2) is 12.7 Å². The largest absolute Gasteiger partial charge is 0.482 e. The minimum Gasteiger partial charge on any atom is -0.482 e. The molecule has 24 heavy (non-hydrogen) atoms. The SMILES string of the molecule is CC(OC(=O)COc1cccc(F)c1)C(=O)Nc1cccc(Cl)c1. The molecule has 0 saturated carbocycles. The number of carbonyl (C=O) groups excluding carboxylic acids is 2. The van der Waals surface area contributed by atoms with E-state index in [4.69, 9.17) is 21.1 Å². The first kappa shape index (κ1) is 17.7. The molecule has 0 spiro atoms. The van der Waals surface area contributed by atoms with Crippen molar-refractivity contribution in [3.8, 4) is 5.75 Å². The van der Waals surface area contributed by atoms with Gasteiger partial charge < -0.3 is 14.8 Å². The summed E-state index contributed by atoms with van der Waals surface area (Å²) in [5.74, 6) is -1.53. The Hall–Kier alpha value is -2.60. The molecule has 0 heterocycles. The average Bonchev–Trinajstić information content (AvgIpc) is 2.53. The molecule has 0 fully saturated rings. The molecule has 1 amide bonds. The first-order chi connectivity index (χ1) is 11.4. The Kier molecular flexibility index (Phi) is 6.14. The molecule has 5 nitrogen and oxygen atoms in total. The van der Waals surface area contributed by atoms with Gasteiger partial charge in [0, 0.05) is 16.8 Å². The molecular weight excluding hydrogens is 337 g/mol. The molecule has 2 aromatic rings. The summed E-state index contributed by atoms with van der Waals surface area (Å²) in [7, 11) is 0. The number of rotatable bonds is 6. The van der Waals surface area contributed by atoms with E-state index in [-0.39, 0.29) is 5.75 Å². The van der Waals surface area contributed by atoms with Crippen molar-refractivity contribution in [3.63, 3.8) is 0 Å². The first-order valence-corrected chi connectivity index (χ1v) is 7.46. The number of anilines is 1. The minimum atomic E-state index is -1.02. The van der Waals surface area contributed by atoms with E-state index in [0.29, 0.717) is 10.7 Å². The van der Waals surface area contributed by atoms with Gasteiger partial charge in [0.1, 0.15) is 11.6 Å². The second kappa shape index (κ2) is 8.31. The van der Waals surface area contributed by atoms with Crippen molar-refractivity contribution in [2.45, 2.75) is 13.0 Å². The molecular formula is C17H15ClFNO4. The van der Waals surface area contributed by atoms with Gasteiger partial charge in [-0.2, -0.15) is 0 Å². The molecule has 1 N–H and O–H groups in total. The molecule has 0 aromatic heterocycles. The van der Waals surface area contributed by atoms with Crippen LogP contribution in [0.2, 0.25) is 5.02 Å². The van der Waals surface area contributed by atoms with E-state index in [2.05, 4.69) is 5.32 Å². The van der Waals surface area contributed by atoms with E-state index < -0.39 is 30.4 Å². The summed E-state index contributed by atoms with van der Waals surface area (Å²) in [6.45, 7) is 0.998. The third kappa shape index (κ3) is 5.55. The Morgan fingerprint density at radius 2 is 1.96 bits per heavy atom. The zero-order chi connectivity index (χ0) is 17.5. The molecule has 2 rings (SSSR count). The summed E-state index contributed by atoms with van der Waals surface area (Å²) in [6, 6.07) is 11.9. The Labute approximate surface area is 143 Å². The standard InChI is InChI=1S/C17H15ClFNO4/c1-11(17(22)20-14-6-2-4-12(18)8-14)24-16(21)10-23-15-7-3-5-13(19)9-15/h2-9,11H,10H2,1H3,(H,20,22). The number of nitrogens with one attached hydrogen (secondary N) is 1. The number of halogens is 2. The van der Waals surface area contributed by atoms with E-state index in [1.807, 2.05) is 0 Å². The van der Waals surface area contributed by atoms with Crippen LogP contribution < -0.4 is 10.1 Å². The van der Waals surface area contributed by atoms with Gasteiger partial charge in [0.05, 0.1) is 0 Å². The van der Waals surface area contributed by atoms with E-state index >= 15 is 0 Å². The van der Waals surface area contributed by atoms with Crippen molar-refractivity contribution in [2.75, 3.05) is 11.9 Å². The van der Waals surface area contributed by atoms with Gasteiger partial charge >= 0.3 is 5.97 Å². The molecule has 126 valence electrons. The summed E-state index contributed by atoms with van der Waals surface area (Å²) in [5, 5.41) is 3.05. The summed E-state index contributed by atoms with van der Waals surface area (Å²) in [4.78, 5) is 23.6. The van der Waals surface area contributed by atoms with Crippen molar-refractivity contribution >= 4 is 29.2 Å². The monoisotopic (exact) mass is 351 g/mol. The van der Waals surface area contributed by atoms with Crippen LogP contribution in [0.5, 0.6) is 5.75 Å². The lowest BCUT2D eigenvalue weighted by Gasteiger charge is -2.14.